The largest absolute Gasteiger partial charge is 0.308 e. The third-order valence-electron chi connectivity index (χ3n) is 4.20. The van der Waals surface area contributed by atoms with Gasteiger partial charge in [0.2, 0.25) is 0 Å². The van der Waals surface area contributed by atoms with E-state index in [1.165, 1.54) is 11.1 Å². The number of hydrogen-bond donors (Lipinski definition) is 1. The zero-order chi connectivity index (χ0) is 16.2. The molecule has 2 aromatic heterocycles. The number of hydrogen-bond acceptors (Lipinski definition) is 3. The van der Waals surface area contributed by atoms with Crippen LogP contribution in [-0.2, 0) is 6.54 Å². The van der Waals surface area contributed by atoms with Crippen molar-refractivity contribution >= 4 is 0 Å². The van der Waals surface area contributed by atoms with Crippen molar-refractivity contribution in [3.8, 4) is 5.69 Å². The van der Waals surface area contributed by atoms with E-state index < -0.39 is 0 Å². The van der Waals surface area contributed by atoms with Crippen LogP contribution in [0.15, 0.2) is 55.1 Å². The summed E-state index contributed by atoms with van der Waals surface area (Å²) in [6, 6.07) is 11.0. The number of nitrogens with zero attached hydrogens (tertiary/aromatic N) is 4. The van der Waals surface area contributed by atoms with E-state index in [1.54, 1.807) is 6.20 Å². The third kappa shape index (κ3) is 3.68. The van der Waals surface area contributed by atoms with Crippen molar-refractivity contribution in [3.05, 3.63) is 66.2 Å². The van der Waals surface area contributed by atoms with Crippen molar-refractivity contribution in [2.24, 2.45) is 0 Å². The quantitative estimate of drug-likeness (QED) is 0.761. The van der Waals surface area contributed by atoms with E-state index in [9.17, 15) is 0 Å². The van der Waals surface area contributed by atoms with Gasteiger partial charge >= 0.3 is 0 Å². The van der Waals surface area contributed by atoms with Gasteiger partial charge in [0.15, 0.2) is 0 Å². The molecular formula is C18H23N5. The Morgan fingerprint density at radius 1 is 1.13 bits per heavy atom. The maximum Gasteiger partial charge on any atom is 0.0645 e. The van der Waals surface area contributed by atoms with Gasteiger partial charge in [-0.25, -0.2) is 4.68 Å². The third-order valence-corrected chi connectivity index (χ3v) is 4.20. The number of aromatic nitrogens is 4. The zero-order valence-corrected chi connectivity index (χ0v) is 13.8. The number of rotatable bonds is 6. The maximum atomic E-state index is 4.40. The molecule has 23 heavy (non-hydrogen) atoms. The second-order valence-corrected chi connectivity index (χ2v) is 6.02. The molecule has 2 heterocycles. The van der Waals surface area contributed by atoms with Gasteiger partial charge in [0.25, 0.3) is 0 Å². The summed E-state index contributed by atoms with van der Waals surface area (Å²) >= 11 is 0. The van der Waals surface area contributed by atoms with E-state index in [4.69, 9.17) is 0 Å². The van der Waals surface area contributed by atoms with Crippen molar-refractivity contribution in [2.45, 2.75) is 39.4 Å². The average Bonchev–Trinajstić information content (AvgIpc) is 3.24. The van der Waals surface area contributed by atoms with Crippen LogP contribution in [0.4, 0.5) is 0 Å². The van der Waals surface area contributed by atoms with Crippen LogP contribution < -0.4 is 5.32 Å². The molecule has 3 rings (SSSR count). The maximum absolute atomic E-state index is 4.40. The fourth-order valence-corrected chi connectivity index (χ4v) is 2.52. The van der Waals surface area contributed by atoms with Crippen LogP contribution in [0.2, 0.25) is 0 Å². The molecule has 0 fully saturated rings. The van der Waals surface area contributed by atoms with Gasteiger partial charge in [0, 0.05) is 31.2 Å². The minimum absolute atomic E-state index is 0.312. The highest BCUT2D eigenvalue weighted by Gasteiger charge is 2.14. The highest BCUT2D eigenvalue weighted by molar-refractivity contribution is 5.33. The molecule has 0 aliphatic heterocycles. The Balaban J connectivity index is 1.57. The molecule has 120 valence electrons. The Bertz CT molecular complexity index is 727. The van der Waals surface area contributed by atoms with E-state index in [-0.39, 0.29) is 0 Å². The summed E-state index contributed by atoms with van der Waals surface area (Å²) in [7, 11) is 0. The second-order valence-electron chi connectivity index (χ2n) is 6.02. The Labute approximate surface area is 136 Å². The predicted octanol–water partition coefficient (Wildman–Crippen LogP) is 3.12. The Morgan fingerprint density at radius 3 is 2.52 bits per heavy atom. The lowest BCUT2D eigenvalue weighted by atomic mass is 10.1. The zero-order valence-electron chi connectivity index (χ0n) is 13.8. The lowest BCUT2D eigenvalue weighted by molar-refractivity contribution is 0.365. The molecule has 0 bridgehead atoms. The van der Waals surface area contributed by atoms with E-state index in [2.05, 4.69) is 66.7 Å². The molecule has 0 aliphatic carbocycles. The summed E-state index contributed by atoms with van der Waals surface area (Å²) in [6.45, 7) is 7.28. The topological polar surface area (TPSA) is 47.7 Å². The highest BCUT2D eigenvalue weighted by atomic mass is 15.3. The van der Waals surface area contributed by atoms with Crippen molar-refractivity contribution < 1.29 is 0 Å². The molecule has 2 atom stereocenters. The fraction of sp³-hybridized carbons (Fsp3) is 0.333. The normalized spacial score (nSPS) is 13.9. The van der Waals surface area contributed by atoms with Crippen molar-refractivity contribution in [3.63, 3.8) is 0 Å². The Morgan fingerprint density at radius 2 is 1.91 bits per heavy atom. The first-order valence-corrected chi connectivity index (χ1v) is 7.96. The molecule has 5 heteroatoms. The van der Waals surface area contributed by atoms with Crippen LogP contribution in [0.3, 0.4) is 0 Å². The SMILES string of the molecule is Cc1cnn([C@@H](C)[C@@H](C)NCc2ccc(-n3cccn3)cc2)c1. The van der Waals surface area contributed by atoms with Gasteiger partial charge in [0.1, 0.15) is 0 Å². The number of nitrogens with one attached hydrogen (secondary N) is 1. The van der Waals surface area contributed by atoms with Gasteiger partial charge in [-0.2, -0.15) is 10.2 Å². The lowest BCUT2D eigenvalue weighted by Gasteiger charge is -2.22. The molecule has 1 N–H and O–H groups in total. The van der Waals surface area contributed by atoms with Crippen molar-refractivity contribution in [1.29, 1.82) is 0 Å². The highest BCUT2D eigenvalue weighted by Crippen LogP contribution is 2.13. The van der Waals surface area contributed by atoms with E-state index in [0.29, 0.717) is 12.1 Å². The van der Waals surface area contributed by atoms with Crippen LogP contribution in [0, 0.1) is 6.92 Å². The smallest absolute Gasteiger partial charge is 0.0645 e. The van der Waals surface area contributed by atoms with Crippen LogP contribution in [0.25, 0.3) is 5.69 Å². The summed E-state index contributed by atoms with van der Waals surface area (Å²) in [5, 5.41) is 12.2. The summed E-state index contributed by atoms with van der Waals surface area (Å²) in [5.41, 5.74) is 3.53. The van der Waals surface area contributed by atoms with Crippen LogP contribution in [0.1, 0.15) is 31.0 Å². The van der Waals surface area contributed by atoms with Crippen LogP contribution in [0.5, 0.6) is 0 Å². The summed E-state index contributed by atoms with van der Waals surface area (Å²) < 4.78 is 3.88. The minimum Gasteiger partial charge on any atom is -0.308 e. The van der Waals surface area contributed by atoms with Gasteiger partial charge < -0.3 is 5.32 Å². The molecule has 0 radical (unpaired) electrons. The molecule has 5 nitrogen and oxygen atoms in total. The van der Waals surface area contributed by atoms with Gasteiger partial charge in [-0.05, 0) is 50.1 Å². The molecule has 0 spiro atoms. The molecule has 3 aromatic rings. The van der Waals surface area contributed by atoms with E-state index >= 15 is 0 Å². The average molecular weight is 309 g/mol. The standard InChI is InChI=1S/C18H23N5/c1-14-11-21-23(13-14)16(3)15(2)19-12-17-5-7-18(8-6-17)22-10-4-9-20-22/h4-11,13,15-16,19H,12H2,1-3H3/t15-,16+/m1/s1. The first-order chi connectivity index (χ1) is 11.1. The Kier molecular flexibility index (Phi) is 4.57. The van der Waals surface area contributed by atoms with Gasteiger partial charge in [-0.15, -0.1) is 0 Å². The van der Waals surface area contributed by atoms with Gasteiger partial charge in [-0.1, -0.05) is 12.1 Å². The molecule has 0 unspecified atom stereocenters. The minimum atomic E-state index is 0.312. The number of aryl methyl sites for hydroxylation is 1. The predicted molar refractivity (Wildman–Crippen MR) is 91.5 cm³/mol. The summed E-state index contributed by atoms with van der Waals surface area (Å²) in [6.07, 6.45) is 7.72. The number of benzene rings is 1. The first-order valence-electron chi connectivity index (χ1n) is 7.96. The molecule has 0 amide bonds. The first kappa shape index (κ1) is 15.5. The molecule has 1 aromatic carbocycles. The molecule has 0 saturated heterocycles. The van der Waals surface area contributed by atoms with E-state index in [1.807, 2.05) is 27.8 Å². The Hall–Kier alpha value is -2.40. The van der Waals surface area contributed by atoms with Gasteiger partial charge in [0.05, 0.1) is 17.9 Å². The summed E-state index contributed by atoms with van der Waals surface area (Å²) in [5.74, 6) is 0. The molecule has 0 saturated carbocycles. The molecule has 0 aliphatic rings. The van der Waals surface area contributed by atoms with Crippen LogP contribution in [-0.4, -0.2) is 25.6 Å². The van der Waals surface area contributed by atoms with Crippen LogP contribution >= 0.6 is 0 Å². The van der Waals surface area contributed by atoms with E-state index in [0.717, 1.165) is 12.2 Å². The molecular weight excluding hydrogens is 286 g/mol. The summed E-state index contributed by atoms with van der Waals surface area (Å²) in [4.78, 5) is 0. The van der Waals surface area contributed by atoms with Gasteiger partial charge in [-0.3, -0.25) is 4.68 Å². The monoisotopic (exact) mass is 309 g/mol. The fourth-order valence-electron chi connectivity index (χ4n) is 2.52. The second kappa shape index (κ2) is 6.79. The van der Waals surface area contributed by atoms with Crippen molar-refractivity contribution in [2.75, 3.05) is 0 Å². The van der Waals surface area contributed by atoms with Crippen molar-refractivity contribution in [1.82, 2.24) is 24.9 Å². The lowest BCUT2D eigenvalue weighted by Crippen LogP contribution is -2.33.